The highest BCUT2D eigenvalue weighted by molar-refractivity contribution is 7.19. The highest BCUT2D eigenvalue weighted by Gasteiger charge is 2.25. The smallest absolute Gasteiger partial charge is 0.141 e. The number of aryl methyl sites for hydroxylation is 2. The van der Waals surface area contributed by atoms with Crippen molar-refractivity contribution in [3.8, 4) is 0 Å². The van der Waals surface area contributed by atoms with Crippen LogP contribution in [0.2, 0.25) is 0 Å². The zero-order chi connectivity index (χ0) is 12.8. The van der Waals surface area contributed by atoms with Crippen LogP contribution in [-0.4, -0.2) is 23.1 Å². The molecule has 0 N–H and O–H groups in total. The number of hydrogen-bond acceptors (Lipinski definition) is 4. The van der Waals surface area contributed by atoms with Crippen molar-refractivity contribution >= 4 is 27.4 Å². The molecule has 0 atom stereocenters. The molecule has 4 rings (SSSR count). The van der Waals surface area contributed by atoms with E-state index in [1.165, 1.54) is 48.1 Å². The average Bonchev–Trinajstić information content (AvgIpc) is 2.99. The Hall–Kier alpha value is -1.16. The van der Waals surface area contributed by atoms with E-state index < -0.39 is 0 Å². The normalized spacial score (nSPS) is 20.2. The number of piperidine rings is 1. The summed E-state index contributed by atoms with van der Waals surface area (Å²) in [5, 5.41) is 1.37. The quantitative estimate of drug-likeness (QED) is 0.797. The zero-order valence-corrected chi connectivity index (χ0v) is 12.2. The number of nitrogens with zero attached hydrogens (tertiary/aromatic N) is 3. The highest BCUT2D eigenvalue weighted by atomic mass is 32.1. The molecule has 2 aromatic rings. The number of aromatic nitrogens is 2. The van der Waals surface area contributed by atoms with Gasteiger partial charge in [0.15, 0.2) is 0 Å². The van der Waals surface area contributed by atoms with Crippen LogP contribution in [0.25, 0.3) is 10.2 Å². The maximum Gasteiger partial charge on any atom is 0.141 e. The van der Waals surface area contributed by atoms with Gasteiger partial charge >= 0.3 is 0 Å². The van der Waals surface area contributed by atoms with Crippen LogP contribution < -0.4 is 4.90 Å². The average molecular weight is 273 g/mol. The second-order valence-corrected chi connectivity index (χ2v) is 6.99. The van der Waals surface area contributed by atoms with Gasteiger partial charge in [-0.3, -0.25) is 0 Å². The number of rotatable bonds is 1. The summed E-state index contributed by atoms with van der Waals surface area (Å²) in [5.41, 5.74) is 1.55. The number of thiophene rings is 1. The molecule has 0 saturated carbocycles. The third-order valence-electron chi connectivity index (χ3n) is 4.56. The van der Waals surface area contributed by atoms with Crippen LogP contribution in [0.15, 0.2) is 6.33 Å². The first kappa shape index (κ1) is 11.6. The van der Waals surface area contributed by atoms with Crippen molar-refractivity contribution in [3.63, 3.8) is 0 Å². The molecule has 0 amide bonds. The van der Waals surface area contributed by atoms with Gasteiger partial charge in [0, 0.05) is 18.0 Å². The summed E-state index contributed by atoms with van der Waals surface area (Å²) in [6.45, 7) is 4.66. The van der Waals surface area contributed by atoms with Crippen molar-refractivity contribution in [2.45, 2.75) is 39.0 Å². The fourth-order valence-corrected chi connectivity index (χ4v) is 4.60. The van der Waals surface area contributed by atoms with E-state index >= 15 is 0 Å². The Kier molecular flexibility index (Phi) is 2.72. The van der Waals surface area contributed by atoms with Gasteiger partial charge in [0.25, 0.3) is 0 Å². The number of hydrogen-bond donors (Lipinski definition) is 0. The summed E-state index contributed by atoms with van der Waals surface area (Å²) in [6, 6.07) is 0. The van der Waals surface area contributed by atoms with Crippen molar-refractivity contribution in [1.29, 1.82) is 0 Å². The molecule has 1 aliphatic carbocycles. The molecule has 0 unspecified atom stereocenters. The number of fused-ring (bicyclic) bond motifs is 3. The van der Waals surface area contributed by atoms with E-state index in [4.69, 9.17) is 0 Å². The van der Waals surface area contributed by atoms with Crippen molar-refractivity contribution in [3.05, 3.63) is 16.8 Å². The van der Waals surface area contributed by atoms with Gasteiger partial charge < -0.3 is 4.90 Å². The molecule has 100 valence electrons. The van der Waals surface area contributed by atoms with E-state index in [0.717, 1.165) is 19.0 Å². The molecule has 0 spiro atoms. The molecule has 3 heterocycles. The van der Waals surface area contributed by atoms with Crippen LogP contribution in [0.5, 0.6) is 0 Å². The van der Waals surface area contributed by atoms with E-state index in [0.29, 0.717) is 0 Å². The second-order valence-electron chi connectivity index (χ2n) is 5.90. The van der Waals surface area contributed by atoms with Crippen molar-refractivity contribution in [2.75, 3.05) is 18.0 Å². The van der Waals surface area contributed by atoms with Crippen LogP contribution in [0.3, 0.4) is 0 Å². The maximum atomic E-state index is 4.63. The van der Waals surface area contributed by atoms with Gasteiger partial charge in [-0.05, 0) is 43.6 Å². The van der Waals surface area contributed by atoms with Gasteiger partial charge in [-0.2, -0.15) is 0 Å². The van der Waals surface area contributed by atoms with E-state index in [-0.39, 0.29) is 0 Å². The standard InChI is InChI=1S/C15H19N3S/c1-10-5-7-18(8-6-10)14-13-11-3-2-4-12(11)19-15(13)17-9-16-14/h9-10H,2-8H2,1H3. The molecular weight excluding hydrogens is 254 g/mol. The van der Waals surface area contributed by atoms with E-state index in [1.54, 1.807) is 16.8 Å². The lowest BCUT2D eigenvalue weighted by Gasteiger charge is -2.31. The highest BCUT2D eigenvalue weighted by Crippen LogP contribution is 2.40. The monoisotopic (exact) mass is 273 g/mol. The van der Waals surface area contributed by atoms with Crippen LogP contribution in [0, 0.1) is 5.92 Å². The summed E-state index contributed by atoms with van der Waals surface area (Å²) in [4.78, 5) is 14.4. The van der Waals surface area contributed by atoms with Crippen molar-refractivity contribution in [1.82, 2.24) is 9.97 Å². The molecule has 0 radical (unpaired) electrons. The maximum absolute atomic E-state index is 4.63. The van der Waals surface area contributed by atoms with Gasteiger partial charge in [-0.25, -0.2) is 9.97 Å². The van der Waals surface area contributed by atoms with E-state index in [9.17, 15) is 0 Å². The summed E-state index contributed by atoms with van der Waals surface area (Å²) in [5.74, 6) is 2.07. The lowest BCUT2D eigenvalue weighted by Crippen LogP contribution is -2.33. The molecule has 0 aromatic carbocycles. The summed E-state index contributed by atoms with van der Waals surface area (Å²) >= 11 is 1.89. The molecule has 4 heteroatoms. The van der Waals surface area contributed by atoms with E-state index in [2.05, 4.69) is 21.8 Å². The molecule has 19 heavy (non-hydrogen) atoms. The zero-order valence-electron chi connectivity index (χ0n) is 11.4. The molecule has 3 nitrogen and oxygen atoms in total. The Labute approximate surface area is 117 Å². The van der Waals surface area contributed by atoms with Gasteiger partial charge in [0.1, 0.15) is 17.0 Å². The Morgan fingerprint density at radius 3 is 2.89 bits per heavy atom. The first-order valence-electron chi connectivity index (χ1n) is 7.33. The fourth-order valence-electron chi connectivity index (χ4n) is 3.37. The largest absolute Gasteiger partial charge is 0.356 e. The minimum atomic E-state index is 0.863. The van der Waals surface area contributed by atoms with Crippen molar-refractivity contribution < 1.29 is 0 Å². The molecule has 2 aliphatic rings. The van der Waals surface area contributed by atoms with Gasteiger partial charge in [0.2, 0.25) is 0 Å². The second kappa shape index (κ2) is 4.44. The molecule has 1 aliphatic heterocycles. The Morgan fingerprint density at radius 2 is 2.05 bits per heavy atom. The lowest BCUT2D eigenvalue weighted by molar-refractivity contribution is 0.437. The predicted molar refractivity (Wildman–Crippen MR) is 80.1 cm³/mol. The molecule has 1 saturated heterocycles. The third kappa shape index (κ3) is 1.84. The van der Waals surface area contributed by atoms with Gasteiger partial charge in [0.05, 0.1) is 5.39 Å². The van der Waals surface area contributed by atoms with Gasteiger partial charge in [-0.1, -0.05) is 6.92 Å². The van der Waals surface area contributed by atoms with Crippen LogP contribution in [-0.2, 0) is 12.8 Å². The number of anilines is 1. The lowest BCUT2D eigenvalue weighted by atomic mass is 9.99. The summed E-state index contributed by atoms with van der Waals surface area (Å²) in [6.07, 6.45) is 8.10. The minimum absolute atomic E-state index is 0.863. The Morgan fingerprint density at radius 1 is 1.21 bits per heavy atom. The predicted octanol–water partition coefficient (Wildman–Crippen LogP) is 3.42. The molecular formula is C15H19N3S. The summed E-state index contributed by atoms with van der Waals surface area (Å²) < 4.78 is 0. The third-order valence-corrected chi connectivity index (χ3v) is 5.76. The SMILES string of the molecule is CC1CCN(c2ncnc3sc4c(c23)CCC4)CC1. The minimum Gasteiger partial charge on any atom is -0.356 e. The first-order chi connectivity index (χ1) is 9.33. The summed E-state index contributed by atoms with van der Waals surface area (Å²) in [7, 11) is 0. The Bertz CT molecular complexity index is 611. The van der Waals surface area contributed by atoms with Crippen LogP contribution in [0.1, 0.15) is 36.6 Å². The van der Waals surface area contributed by atoms with Crippen molar-refractivity contribution in [2.24, 2.45) is 5.92 Å². The first-order valence-corrected chi connectivity index (χ1v) is 8.15. The van der Waals surface area contributed by atoms with E-state index in [1.807, 2.05) is 11.3 Å². The Balaban J connectivity index is 1.81. The molecule has 1 fully saturated rings. The fraction of sp³-hybridized carbons (Fsp3) is 0.600. The molecule has 2 aromatic heterocycles. The van der Waals surface area contributed by atoms with Crippen LogP contribution in [0.4, 0.5) is 5.82 Å². The van der Waals surface area contributed by atoms with Crippen LogP contribution >= 0.6 is 11.3 Å². The topological polar surface area (TPSA) is 29.0 Å². The van der Waals surface area contributed by atoms with Gasteiger partial charge in [-0.15, -0.1) is 11.3 Å². The molecule has 0 bridgehead atoms.